The van der Waals surface area contributed by atoms with E-state index in [-0.39, 0.29) is 30.5 Å². The SMILES string of the molecule is COc1cc(C(CC(=O)O)c2ccc(C)c(CN3CC(C)Oc4cc(C5CCCCCC5C5CCCCC5)ccc4S3(=O)=O)c2)cc2nnn(C)c12. The Kier molecular flexibility index (Phi) is 10.6. The topological polar surface area (TPSA) is 124 Å². The summed E-state index contributed by atoms with van der Waals surface area (Å²) >= 11 is 0. The van der Waals surface area contributed by atoms with Crippen molar-refractivity contribution in [2.24, 2.45) is 18.9 Å². The van der Waals surface area contributed by atoms with Crippen LogP contribution in [0.15, 0.2) is 53.4 Å². The van der Waals surface area contributed by atoms with Gasteiger partial charge in [0.05, 0.1) is 20.1 Å². The van der Waals surface area contributed by atoms with Gasteiger partial charge in [0, 0.05) is 19.5 Å². The van der Waals surface area contributed by atoms with Gasteiger partial charge in [-0.3, -0.25) is 4.79 Å². The van der Waals surface area contributed by atoms with Gasteiger partial charge >= 0.3 is 5.97 Å². The molecular weight excluding hydrogens is 677 g/mol. The molecule has 4 aromatic rings. The van der Waals surface area contributed by atoms with Crippen molar-refractivity contribution >= 4 is 27.0 Å². The number of sulfonamides is 1. The largest absolute Gasteiger partial charge is 0.494 e. The van der Waals surface area contributed by atoms with Crippen LogP contribution in [0.1, 0.15) is 117 Å². The maximum absolute atomic E-state index is 14.5. The first-order valence-corrected chi connectivity index (χ1v) is 20.5. The van der Waals surface area contributed by atoms with Crippen molar-refractivity contribution < 1.29 is 27.8 Å². The zero-order valence-electron chi connectivity index (χ0n) is 30.9. The zero-order valence-corrected chi connectivity index (χ0v) is 31.7. The first-order chi connectivity index (χ1) is 25.0. The lowest BCUT2D eigenvalue weighted by atomic mass is 9.70. The minimum absolute atomic E-state index is 0.135. The number of carbonyl (C=O) groups is 1. The van der Waals surface area contributed by atoms with Gasteiger partial charge in [-0.05, 0) is 96.5 Å². The van der Waals surface area contributed by atoms with Gasteiger partial charge in [0.15, 0.2) is 0 Å². The molecule has 7 rings (SSSR count). The van der Waals surface area contributed by atoms with Gasteiger partial charge < -0.3 is 14.6 Å². The van der Waals surface area contributed by atoms with Gasteiger partial charge in [0.25, 0.3) is 0 Å². The lowest BCUT2D eigenvalue weighted by Gasteiger charge is -2.35. The molecule has 1 N–H and O–H groups in total. The minimum Gasteiger partial charge on any atom is -0.494 e. The molecule has 4 unspecified atom stereocenters. The van der Waals surface area contributed by atoms with E-state index < -0.39 is 21.9 Å². The van der Waals surface area contributed by atoms with Gasteiger partial charge in [-0.25, -0.2) is 13.1 Å². The third-order valence-corrected chi connectivity index (χ3v) is 13.8. The monoisotopic (exact) mass is 728 g/mol. The van der Waals surface area contributed by atoms with Crippen LogP contribution in [-0.2, 0) is 28.4 Å². The molecule has 3 aromatic carbocycles. The van der Waals surface area contributed by atoms with Crippen LogP contribution in [0.25, 0.3) is 11.0 Å². The van der Waals surface area contributed by atoms with E-state index in [4.69, 9.17) is 9.47 Å². The van der Waals surface area contributed by atoms with Crippen molar-refractivity contribution in [2.45, 2.75) is 114 Å². The molecule has 0 amide bonds. The van der Waals surface area contributed by atoms with Gasteiger partial charge in [0.2, 0.25) is 10.0 Å². The van der Waals surface area contributed by atoms with E-state index in [1.165, 1.54) is 67.7 Å². The van der Waals surface area contributed by atoms with Crippen LogP contribution in [0.4, 0.5) is 0 Å². The van der Waals surface area contributed by atoms with E-state index in [0.29, 0.717) is 28.9 Å². The molecule has 2 fully saturated rings. The van der Waals surface area contributed by atoms with E-state index >= 15 is 0 Å². The summed E-state index contributed by atoms with van der Waals surface area (Å²) in [5, 5.41) is 18.4. The molecule has 2 saturated carbocycles. The molecule has 4 atom stereocenters. The molecule has 0 radical (unpaired) electrons. The summed E-state index contributed by atoms with van der Waals surface area (Å²) in [6.45, 7) is 4.22. The second kappa shape index (κ2) is 15.2. The number of hydrogen-bond acceptors (Lipinski definition) is 7. The fraction of sp³-hybridized carbons (Fsp3) is 0.537. The van der Waals surface area contributed by atoms with Crippen molar-refractivity contribution in [1.82, 2.24) is 19.3 Å². The molecule has 2 aliphatic carbocycles. The van der Waals surface area contributed by atoms with Gasteiger partial charge in [-0.2, -0.15) is 4.31 Å². The molecule has 0 bridgehead atoms. The molecule has 278 valence electrons. The van der Waals surface area contributed by atoms with Crippen LogP contribution in [-0.4, -0.2) is 58.6 Å². The van der Waals surface area contributed by atoms with Crippen LogP contribution in [0.3, 0.4) is 0 Å². The molecule has 3 aliphatic rings. The number of aryl methyl sites for hydroxylation is 2. The highest BCUT2D eigenvalue weighted by Gasteiger charge is 2.37. The molecule has 2 heterocycles. The number of carboxylic acids is 1. The predicted octanol–water partition coefficient (Wildman–Crippen LogP) is 8.11. The summed E-state index contributed by atoms with van der Waals surface area (Å²) in [5.41, 5.74) is 5.78. The Bertz CT molecular complexity index is 2040. The molecular formula is C41H52N4O6S. The quantitative estimate of drug-likeness (QED) is 0.172. The third-order valence-electron chi connectivity index (χ3n) is 11.9. The van der Waals surface area contributed by atoms with E-state index in [1.54, 1.807) is 24.9 Å². The Hall–Kier alpha value is -3.96. The van der Waals surface area contributed by atoms with Gasteiger partial charge in [-0.1, -0.05) is 80.8 Å². The highest BCUT2D eigenvalue weighted by molar-refractivity contribution is 7.89. The summed E-state index contributed by atoms with van der Waals surface area (Å²) in [7, 11) is -0.561. The van der Waals surface area contributed by atoms with E-state index in [0.717, 1.165) is 40.1 Å². The molecule has 0 saturated heterocycles. The van der Waals surface area contributed by atoms with Gasteiger partial charge in [-0.15, -0.1) is 5.10 Å². The number of aromatic nitrogens is 3. The highest BCUT2D eigenvalue weighted by atomic mass is 32.2. The van der Waals surface area contributed by atoms with E-state index in [2.05, 4.69) is 16.4 Å². The second-order valence-corrected chi connectivity index (χ2v) is 17.3. The average molecular weight is 729 g/mol. The van der Waals surface area contributed by atoms with Gasteiger partial charge in [0.1, 0.15) is 33.5 Å². The summed E-state index contributed by atoms with van der Waals surface area (Å²) < 4.78 is 44.2. The number of methoxy groups -OCH3 is 1. The van der Waals surface area contributed by atoms with Crippen LogP contribution in [0.5, 0.6) is 11.5 Å². The summed E-state index contributed by atoms with van der Waals surface area (Å²) in [6, 6.07) is 15.4. The fourth-order valence-corrected chi connectivity index (χ4v) is 10.9. The smallest absolute Gasteiger partial charge is 0.304 e. The number of benzene rings is 3. The zero-order chi connectivity index (χ0) is 36.6. The minimum atomic E-state index is -3.91. The van der Waals surface area contributed by atoms with Crippen molar-refractivity contribution in [2.75, 3.05) is 13.7 Å². The molecule has 1 aromatic heterocycles. The molecule has 52 heavy (non-hydrogen) atoms. The maximum Gasteiger partial charge on any atom is 0.304 e. The summed E-state index contributed by atoms with van der Waals surface area (Å²) in [5.74, 6) is 1.35. The summed E-state index contributed by atoms with van der Waals surface area (Å²) in [4.78, 5) is 12.4. The number of nitrogens with zero attached hydrogens (tertiary/aromatic N) is 4. The van der Waals surface area contributed by atoms with Crippen molar-refractivity contribution in [3.05, 3.63) is 76.3 Å². The fourth-order valence-electron chi connectivity index (χ4n) is 9.27. The number of hydrogen-bond donors (Lipinski definition) is 1. The van der Waals surface area contributed by atoms with E-state index in [9.17, 15) is 18.3 Å². The molecule has 1 aliphatic heterocycles. The Balaban J connectivity index is 1.20. The lowest BCUT2D eigenvalue weighted by molar-refractivity contribution is -0.137. The van der Waals surface area contributed by atoms with Crippen LogP contribution in [0.2, 0.25) is 0 Å². The average Bonchev–Trinajstić information content (AvgIpc) is 3.29. The number of fused-ring (bicyclic) bond motifs is 2. The molecule has 11 heteroatoms. The van der Waals surface area contributed by atoms with Crippen molar-refractivity contribution in [3.8, 4) is 11.5 Å². The number of ether oxygens (including phenoxy) is 2. The first kappa shape index (κ1) is 36.4. The van der Waals surface area contributed by atoms with Crippen molar-refractivity contribution in [3.63, 3.8) is 0 Å². The van der Waals surface area contributed by atoms with Crippen molar-refractivity contribution in [1.29, 1.82) is 0 Å². The van der Waals surface area contributed by atoms with Crippen LogP contribution >= 0.6 is 0 Å². The standard InChI is InChI=1S/C41H52N4O6S/c1-26-15-16-29(35(23-40(46)47)31-20-36-41(38(22-31)50-4)44(3)43-42-36)19-32(26)25-45-24-27(2)51-37-21-30(17-18-39(37)52(45,48)49)34-14-10-6-9-13-33(34)28-11-7-5-8-12-28/h15-22,27-28,33-35H,5-14,23-25H2,1-4H3,(H,46,47). The second-order valence-electron chi connectivity index (χ2n) is 15.4. The predicted molar refractivity (Wildman–Crippen MR) is 200 cm³/mol. The molecule has 0 spiro atoms. The Labute approximate surface area is 307 Å². The highest BCUT2D eigenvalue weighted by Crippen LogP contribution is 2.47. The normalized spacial score (nSPS) is 23.3. The third kappa shape index (κ3) is 7.31. The van der Waals surface area contributed by atoms with E-state index in [1.807, 2.05) is 50.2 Å². The summed E-state index contributed by atoms with van der Waals surface area (Å²) in [6.07, 6.45) is 12.2. The number of rotatable bonds is 9. The Morgan fingerprint density at radius 1 is 0.981 bits per heavy atom. The van der Waals surface area contributed by atoms with Crippen LogP contribution in [0, 0.1) is 18.8 Å². The van der Waals surface area contributed by atoms with Crippen LogP contribution < -0.4 is 9.47 Å². The lowest BCUT2D eigenvalue weighted by Crippen LogP contribution is -2.35. The molecule has 10 nitrogen and oxygen atoms in total. The first-order valence-electron chi connectivity index (χ1n) is 19.0. The maximum atomic E-state index is 14.5. The Morgan fingerprint density at radius 2 is 1.73 bits per heavy atom. The number of carboxylic acid groups (broad SMARTS) is 1. The Morgan fingerprint density at radius 3 is 2.48 bits per heavy atom. The number of aliphatic carboxylic acids is 1.